The van der Waals surface area contributed by atoms with Crippen LogP contribution in [0.3, 0.4) is 0 Å². The number of anilines is 1. The molecular formula is C22H22N2O4. The lowest BCUT2D eigenvalue weighted by atomic mass is 9.80. The number of rotatable bonds is 5. The monoisotopic (exact) mass is 378 g/mol. The molecule has 1 aliphatic rings. The first-order chi connectivity index (χ1) is 13.4. The minimum atomic E-state index is -1.78. The largest absolute Gasteiger partial charge is 0.497 e. The van der Waals surface area contributed by atoms with Crippen molar-refractivity contribution in [1.82, 2.24) is 0 Å². The van der Waals surface area contributed by atoms with Gasteiger partial charge in [-0.3, -0.25) is 9.69 Å². The molecule has 0 spiro atoms. The van der Waals surface area contributed by atoms with Crippen molar-refractivity contribution in [3.05, 3.63) is 60.2 Å². The Bertz CT molecular complexity index is 902. The van der Waals surface area contributed by atoms with Crippen LogP contribution in [-0.2, 0) is 14.3 Å². The van der Waals surface area contributed by atoms with Gasteiger partial charge in [-0.05, 0) is 43.7 Å². The lowest BCUT2D eigenvalue weighted by molar-refractivity contribution is -0.152. The van der Waals surface area contributed by atoms with Gasteiger partial charge in [-0.1, -0.05) is 30.3 Å². The topological polar surface area (TPSA) is 79.6 Å². The summed E-state index contributed by atoms with van der Waals surface area (Å²) in [5.74, 6) is -1.05. The van der Waals surface area contributed by atoms with Crippen LogP contribution < -0.4 is 9.64 Å². The number of amides is 1. The van der Waals surface area contributed by atoms with Crippen molar-refractivity contribution in [1.29, 1.82) is 5.26 Å². The molecule has 144 valence electrons. The van der Waals surface area contributed by atoms with Crippen molar-refractivity contribution in [2.75, 3.05) is 12.0 Å². The van der Waals surface area contributed by atoms with E-state index >= 15 is 0 Å². The Morgan fingerprint density at radius 2 is 1.82 bits per heavy atom. The zero-order valence-corrected chi connectivity index (χ0v) is 16.1. The summed E-state index contributed by atoms with van der Waals surface area (Å²) in [6.07, 6.45) is -0.376. The lowest BCUT2D eigenvalue weighted by Gasteiger charge is -2.34. The zero-order chi connectivity index (χ0) is 20.3. The van der Waals surface area contributed by atoms with Gasteiger partial charge in [0.2, 0.25) is 11.4 Å². The average molecular weight is 378 g/mol. The highest BCUT2D eigenvalue weighted by atomic mass is 16.5. The van der Waals surface area contributed by atoms with Crippen LogP contribution in [0.4, 0.5) is 5.69 Å². The van der Waals surface area contributed by atoms with E-state index < -0.39 is 23.5 Å². The molecule has 1 amide bonds. The lowest BCUT2D eigenvalue weighted by Crippen LogP contribution is -2.55. The maximum atomic E-state index is 13.2. The molecule has 2 aromatic carbocycles. The number of benzene rings is 2. The first kappa shape index (κ1) is 19.4. The molecular weight excluding hydrogens is 356 g/mol. The van der Waals surface area contributed by atoms with Crippen LogP contribution in [-0.4, -0.2) is 30.6 Å². The Balaban J connectivity index is 2.16. The SMILES string of the molecule is COc1ccc(N2C(=O)CC(c3ccccc3)C2(C#N)C(=O)OC(C)C)cc1. The predicted octanol–water partition coefficient (Wildman–Crippen LogP) is 3.43. The molecule has 6 nitrogen and oxygen atoms in total. The number of hydrogen-bond acceptors (Lipinski definition) is 5. The van der Waals surface area contributed by atoms with Gasteiger partial charge in [-0.2, -0.15) is 5.26 Å². The molecule has 0 saturated carbocycles. The highest BCUT2D eigenvalue weighted by Crippen LogP contribution is 2.46. The van der Waals surface area contributed by atoms with Crippen LogP contribution in [0, 0.1) is 11.3 Å². The molecule has 1 saturated heterocycles. The fourth-order valence-corrected chi connectivity index (χ4v) is 3.60. The molecule has 0 bridgehead atoms. The third-order valence-electron chi connectivity index (χ3n) is 4.84. The van der Waals surface area contributed by atoms with Crippen molar-refractivity contribution >= 4 is 17.6 Å². The fourth-order valence-electron chi connectivity index (χ4n) is 3.60. The van der Waals surface area contributed by atoms with E-state index in [1.807, 2.05) is 30.3 Å². The number of esters is 1. The number of nitriles is 1. The number of carbonyl (C=O) groups is 2. The Kier molecular flexibility index (Phi) is 5.36. The van der Waals surface area contributed by atoms with Crippen molar-refractivity contribution in [3.63, 3.8) is 0 Å². The normalized spacial score (nSPS) is 21.5. The Morgan fingerprint density at radius 3 is 2.36 bits per heavy atom. The summed E-state index contributed by atoms with van der Waals surface area (Å²) >= 11 is 0. The Hall–Kier alpha value is -3.33. The van der Waals surface area contributed by atoms with E-state index in [0.29, 0.717) is 11.4 Å². The van der Waals surface area contributed by atoms with Gasteiger partial charge in [-0.15, -0.1) is 0 Å². The molecule has 28 heavy (non-hydrogen) atoms. The van der Waals surface area contributed by atoms with Crippen molar-refractivity contribution < 1.29 is 19.1 Å². The molecule has 0 radical (unpaired) electrons. The maximum Gasteiger partial charge on any atom is 0.348 e. The van der Waals surface area contributed by atoms with E-state index in [9.17, 15) is 14.9 Å². The van der Waals surface area contributed by atoms with Crippen molar-refractivity contribution in [2.24, 2.45) is 0 Å². The smallest absolute Gasteiger partial charge is 0.348 e. The maximum absolute atomic E-state index is 13.2. The fraction of sp³-hybridized carbons (Fsp3) is 0.318. The average Bonchev–Trinajstić information content (AvgIpc) is 3.01. The molecule has 0 aliphatic carbocycles. The quantitative estimate of drug-likeness (QED) is 0.745. The molecule has 0 N–H and O–H groups in total. The van der Waals surface area contributed by atoms with Crippen LogP contribution in [0.1, 0.15) is 31.7 Å². The van der Waals surface area contributed by atoms with E-state index in [1.54, 1.807) is 45.2 Å². The van der Waals surface area contributed by atoms with Crippen molar-refractivity contribution in [3.8, 4) is 11.8 Å². The van der Waals surface area contributed by atoms with Crippen LogP contribution in [0.15, 0.2) is 54.6 Å². The third kappa shape index (κ3) is 3.20. The van der Waals surface area contributed by atoms with Crippen LogP contribution in [0.5, 0.6) is 5.75 Å². The molecule has 2 unspecified atom stereocenters. The number of nitrogens with zero attached hydrogens (tertiary/aromatic N) is 2. The highest BCUT2D eigenvalue weighted by Gasteiger charge is 2.61. The standard InChI is InChI=1S/C22H22N2O4/c1-15(2)28-21(26)22(14-23)19(16-7-5-4-6-8-16)13-20(25)24(22)17-9-11-18(27-3)12-10-17/h4-12,15,19H,13H2,1-3H3. The van der Waals surface area contributed by atoms with Crippen molar-refractivity contribution in [2.45, 2.75) is 37.8 Å². The van der Waals surface area contributed by atoms with E-state index in [1.165, 1.54) is 4.90 Å². The third-order valence-corrected chi connectivity index (χ3v) is 4.84. The van der Waals surface area contributed by atoms with Crippen LogP contribution >= 0.6 is 0 Å². The molecule has 3 rings (SSSR count). The number of hydrogen-bond donors (Lipinski definition) is 0. The Labute approximate surface area is 164 Å². The second kappa shape index (κ2) is 7.73. The summed E-state index contributed by atoms with van der Waals surface area (Å²) in [4.78, 5) is 27.5. The van der Waals surface area contributed by atoms with E-state index in [-0.39, 0.29) is 12.3 Å². The van der Waals surface area contributed by atoms with Crippen LogP contribution in [0.2, 0.25) is 0 Å². The van der Waals surface area contributed by atoms with E-state index in [0.717, 1.165) is 5.56 Å². The van der Waals surface area contributed by atoms with Gasteiger partial charge in [0.1, 0.15) is 11.8 Å². The summed E-state index contributed by atoms with van der Waals surface area (Å²) in [6, 6.07) is 18.0. The van der Waals surface area contributed by atoms with E-state index in [2.05, 4.69) is 6.07 Å². The molecule has 0 aromatic heterocycles. The Morgan fingerprint density at radius 1 is 1.18 bits per heavy atom. The number of ether oxygens (including phenoxy) is 2. The molecule has 6 heteroatoms. The zero-order valence-electron chi connectivity index (χ0n) is 16.1. The van der Waals surface area contributed by atoms with E-state index in [4.69, 9.17) is 9.47 Å². The summed E-state index contributed by atoms with van der Waals surface area (Å²) in [7, 11) is 1.54. The molecule has 2 aromatic rings. The minimum Gasteiger partial charge on any atom is -0.497 e. The molecule has 1 aliphatic heterocycles. The van der Waals surface area contributed by atoms with Crippen LogP contribution in [0.25, 0.3) is 0 Å². The molecule has 1 heterocycles. The van der Waals surface area contributed by atoms with Gasteiger partial charge < -0.3 is 9.47 Å². The van der Waals surface area contributed by atoms with Gasteiger partial charge in [0.25, 0.3) is 0 Å². The van der Waals surface area contributed by atoms with Gasteiger partial charge in [0, 0.05) is 18.0 Å². The second-order valence-electron chi connectivity index (χ2n) is 6.93. The molecule has 2 atom stereocenters. The predicted molar refractivity (Wildman–Crippen MR) is 104 cm³/mol. The van der Waals surface area contributed by atoms with Gasteiger partial charge in [0.15, 0.2) is 0 Å². The minimum absolute atomic E-state index is 0.0385. The number of methoxy groups -OCH3 is 1. The summed E-state index contributed by atoms with van der Waals surface area (Å²) in [5.41, 5.74) is -0.585. The van der Waals surface area contributed by atoms with Gasteiger partial charge in [-0.25, -0.2) is 4.79 Å². The highest BCUT2D eigenvalue weighted by molar-refractivity contribution is 6.09. The van der Waals surface area contributed by atoms with Gasteiger partial charge in [0.05, 0.1) is 13.2 Å². The summed E-state index contributed by atoms with van der Waals surface area (Å²) in [6.45, 7) is 3.43. The first-order valence-electron chi connectivity index (χ1n) is 9.08. The second-order valence-corrected chi connectivity index (χ2v) is 6.93. The number of carbonyl (C=O) groups excluding carboxylic acids is 2. The molecule has 1 fully saturated rings. The van der Waals surface area contributed by atoms with Gasteiger partial charge >= 0.3 is 5.97 Å². The summed E-state index contributed by atoms with van der Waals surface area (Å²) in [5, 5.41) is 10.2. The first-order valence-corrected chi connectivity index (χ1v) is 9.08. The summed E-state index contributed by atoms with van der Waals surface area (Å²) < 4.78 is 10.6.